The molecule has 1 aromatic heterocycles. The molecule has 0 aliphatic rings. The van der Waals surface area contributed by atoms with Crippen LogP contribution in [0, 0.1) is 0 Å². The number of nitrogens with two attached hydrogens (primary N) is 1. The summed E-state index contributed by atoms with van der Waals surface area (Å²) in [5, 5.41) is 6.32. The van der Waals surface area contributed by atoms with Crippen molar-refractivity contribution in [3.63, 3.8) is 0 Å². The van der Waals surface area contributed by atoms with Gasteiger partial charge < -0.3 is 23.1 Å². The Morgan fingerprint density at radius 3 is 2.09 bits per heavy atom. The van der Waals surface area contributed by atoms with Crippen LogP contribution in [-0.2, 0) is 16.7 Å². The van der Waals surface area contributed by atoms with Gasteiger partial charge in [-0.2, -0.15) is 13.6 Å². The smallest absolute Gasteiger partial charge is 0.380 e. The van der Waals surface area contributed by atoms with E-state index in [4.69, 9.17) is 28.3 Å². The number of halogens is 1. The fraction of sp³-hybridized carbons (Fsp3) is 0.286. The van der Waals surface area contributed by atoms with Crippen molar-refractivity contribution < 1.29 is 31.5 Å². The van der Waals surface area contributed by atoms with Crippen LogP contribution in [0.4, 0.5) is 0 Å². The summed E-state index contributed by atoms with van der Waals surface area (Å²) in [6, 6.07) is 7.16. The van der Waals surface area contributed by atoms with Crippen LogP contribution in [0.25, 0.3) is 10.8 Å². The molecule has 1 heterocycles. The number of hydrogen-bond donors (Lipinski definition) is 1. The van der Waals surface area contributed by atoms with Crippen molar-refractivity contribution >= 4 is 33.5 Å². The lowest BCUT2D eigenvalue weighted by Gasteiger charge is -2.16. The Morgan fingerprint density at radius 2 is 1.56 bits per heavy atom. The molecule has 0 unspecified atom stereocenters. The first-order chi connectivity index (χ1) is 14.8. The maximum absolute atomic E-state index is 11.6. The first-order valence-corrected chi connectivity index (χ1v) is 10.8. The van der Waals surface area contributed by atoms with Crippen LogP contribution >= 0.6 is 12.4 Å². The standard InChI is InChI=1S/C21H24N2O7S.ClH/c1-5-29-17-7-6-15-14(11-23-12-16(15)20(17)30-31(22,24)25)8-13-9-18(26-2)21(28-4)19(10-13)27-3;/h6-7,9-12H,5,8H2,1-4H3,(H2,22,24,25);1H. The van der Waals surface area contributed by atoms with E-state index in [0.717, 1.165) is 16.5 Å². The van der Waals surface area contributed by atoms with E-state index >= 15 is 0 Å². The molecule has 2 N–H and O–H groups in total. The highest BCUT2D eigenvalue weighted by molar-refractivity contribution is 7.84. The lowest BCUT2D eigenvalue weighted by atomic mass is 9.99. The predicted octanol–water partition coefficient (Wildman–Crippen LogP) is 3.25. The molecule has 32 heavy (non-hydrogen) atoms. The second-order valence-electron chi connectivity index (χ2n) is 6.51. The summed E-state index contributed by atoms with van der Waals surface area (Å²) in [4.78, 5) is 4.26. The first-order valence-electron chi connectivity index (χ1n) is 9.34. The molecule has 2 aromatic carbocycles. The summed E-state index contributed by atoms with van der Waals surface area (Å²) in [7, 11) is 0.374. The molecule has 11 heteroatoms. The highest BCUT2D eigenvalue weighted by atomic mass is 35.5. The van der Waals surface area contributed by atoms with Crippen LogP contribution in [-0.4, -0.2) is 41.3 Å². The van der Waals surface area contributed by atoms with Gasteiger partial charge in [-0.15, -0.1) is 12.4 Å². The molecule has 3 aromatic rings. The minimum atomic E-state index is -4.26. The van der Waals surface area contributed by atoms with Crippen molar-refractivity contribution in [2.75, 3.05) is 27.9 Å². The topological polar surface area (TPSA) is 119 Å². The third-order valence-corrected chi connectivity index (χ3v) is 4.96. The third-order valence-electron chi connectivity index (χ3n) is 4.56. The minimum absolute atomic E-state index is 0. The van der Waals surface area contributed by atoms with E-state index in [0.29, 0.717) is 35.7 Å². The Hall–Kier alpha value is -2.95. The third kappa shape index (κ3) is 5.45. The van der Waals surface area contributed by atoms with Gasteiger partial charge in [-0.1, -0.05) is 6.07 Å². The van der Waals surface area contributed by atoms with E-state index in [1.807, 2.05) is 18.2 Å². The summed E-state index contributed by atoms with van der Waals surface area (Å²) in [6.07, 6.45) is 3.67. The number of nitrogens with zero attached hydrogens (tertiary/aromatic N) is 1. The molecule has 0 amide bonds. The monoisotopic (exact) mass is 484 g/mol. The maximum Gasteiger partial charge on any atom is 0.380 e. The van der Waals surface area contributed by atoms with Crippen LogP contribution < -0.4 is 28.3 Å². The molecule has 0 atom stereocenters. The van der Waals surface area contributed by atoms with E-state index in [9.17, 15) is 8.42 Å². The van der Waals surface area contributed by atoms with E-state index in [1.54, 1.807) is 33.4 Å². The van der Waals surface area contributed by atoms with Crippen molar-refractivity contribution in [1.82, 2.24) is 4.98 Å². The minimum Gasteiger partial charge on any atom is -0.493 e. The van der Waals surface area contributed by atoms with Gasteiger partial charge in [0.25, 0.3) is 0 Å². The van der Waals surface area contributed by atoms with E-state index < -0.39 is 10.3 Å². The van der Waals surface area contributed by atoms with Crippen LogP contribution in [0.1, 0.15) is 18.1 Å². The average molecular weight is 485 g/mol. The summed E-state index contributed by atoms with van der Waals surface area (Å²) >= 11 is 0. The van der Waals surface area contributed by atoms with Gasteiger partial charge in [0, 0.05) is 17.8 Å². The summed E-state index contributed by atoms with van der Waals surface area (Å²) in [5.41, 5.74) is 1.71. The number of methoxy groups -OCH3 is 3. The number of hydrogen-bond acceptors (Lipinski definition) is 8. The van der Waals surface area contributed by atoms with Crippen LogP contribution in [0.5, 0.6) is 28.7 Å². The van der Waals surface area contributed by atoms with Crippen LogP contribution in [0.15, 0.2) is 36.7 Å². The van der Waals surface area contributed by atoms with Crippen LogP contribution in [0.2, 0.25) is 0 Å². The van der Waals surface area contributed by atoms with Crippen molar-refractivity contribution in [3.05, 3.63) is 47.8 Å². The second kappa shape index (κ2) is 10.6. The second-order valence-corrected chi connectivity index (χ2v) is 7.66. The fourth-order valence-corrected chi connectivity index (χ4v) is 3.73. The Balaban J connectivity index is 0.00000363. The zero-order valence-corrected chi connectivity index (χ0v) is 19.7. The van der Waals surface area contributed by atoms with Gasteiger partial charge in [-0.05, 0) is 48.1 Å². The van der Waals surface area contributed by atoms with Crippen molar-refractivity contribution in [1.29, 1.82) is 0 Å². The molecule has 0 saturated carbocycles. The lowest BCUT2D eigenvalue weighted by molar-refractivity contribution is 0.324. The first kappa shape index (κ1) is 25.3. The number of aromatic nitrogens is 1. The molecular formula is C21H25ClN2O7S. The highest BCUT2D eigenvalue weighted by Gasteiger charge is 2.19. The molecule has 0 bridgehead atoms. The summed E-state index contributed by atoms with van der Waals surface area (Å²) < 4.78 is 50.0. The highest BCUT2D eigenvalue weighted by Crippen LogP contribution is 2.40. The molecule has 9 nitrogen and oxygen atoms in total. The zero-order chi connectivity index (χ0) is 22.6. The molecule has 0 aliphatic carbocycles. The van der Waals surface area contributed by atoms with Gasteiger partial charge in [-0.25, -0.2) is 0 Å². The lowest BCUT2D eigenvalue weighted by Crippen LogP contribution is -2.19. The van der Waals surface area contributed by atoms with Crippen molar-refractivity contribution in [3.8, 4) is 28.7 Å². The van der Waals surface area contributed by atoms with Gasteiger partial charge >= 0.3 is 10.3 Å². The Morgan fingerprint density at radius 1 is 0.906 bits per heavy atom. The normalized spacial score (nSPS) is 10.9. The molecule has 0 aliphatic heterocycles. The largest absolute Gasteiger partial charge is 0.493 e. The van der Waals surface area contributed by atoms with Crippen LogP contribution in [0.3, 0.4) is 0 Å². The molecule has 0 fully saturated rings. The number of pyridine rings is 1. The van der Waals surface area contributed by atoms with Gasteiger partial charge in [0.2, 0.25) is 5.75 Å². The van der Waals surface area contributed by atoms with E-state index in [-0.39, 0.29) is 23.9 Å². The molecule has 0 saturated heterocycles. The zero-order valence-electron chi connectivity index (χ0n) is 18.1. The van der Waals surface area contributed by atoms with Gasteiger partial charge in [-0.3, -0.25) is 4.98 Å². The Bertz CT molecular complexity index is 1180. The quantitative estimate of drug-likeness (QED) is 0.491. The number of benzene rings is 2. The summed E-state index contributed by atoms with van der Waals surface area (Å²) in [5.74, 6) is 1.82. The number of ether oxygens (including phenoxy) is 4. The van der Waals surface area contributed by atoms with Gasteiger partial charge in [0.1, 0.15) is 0 Å². The number of fused-ring (bicyclic) bond motifs is 1. The van der Waals surface area contributed by atoms with Crippen molar-refractivity contribution in [2.45, 2.75) is 13.3 Å². The van der Waals surface area contributed by atoms with Gasteiger partial charge in [0.05, 0.1) is 27.9 Å². The SMILES string of the molecule is CCOc1ccc2c(Cc3cc(OC)c(OC)c(OC)c3)cncc2c1OS(N)(=O)=O.Cl. The van der Waals surface area contributed by atoms with Gasteiger partial charge in [0.15, 0.2) is 23.0 Å². The molecule has 0 spiro atoms. The Kier molecular flexibility index (Phi) is 8.37. The number of rotatable bonds is 9. The Labute approximate surface area is 193 Å². The molecule has 174 valence electrons. The van der Waals surface area contributed by atoms with E-state index in [2.05, 4.69) is 4.98 Å². The average Bonchev–Trinajstić information content (AvgIpc) is 2.74. The molecular weight excluding hydrogens is 460 g/mol. The van der Waals surface area contributed by atoms with E-state index in [1.165, 1.54) is 13.3 Å². The molecule has 3 rings (SSSR count). The van der Waals surface area contributed by atoms with Crippen molar-refractivity contribution in [2.24, 2.45) is 5.14 Å². The predicted molar refractivity (Wildman–Crippen MR) is 123 cm³/mol. The molecule has 0 radical (unpaired) electrons. The fourth-order valence-electron chi connectivity index (χ4n) is 3.33. The maximum atomic E-state index is 11.6. The summed E-state index contributed by atoms with van der Waals surface area (Å²) in [6.45, 7) is 2.11.